The molecule has 4 rings (SSSR count). The maximum absolute atomic E-state index is 13.1. The molecule has 30 heavy (non-hydrogen) atoms. The predicted octanol–water partition coefficient (Wildman–Crippen LogP) is 3.37. The number of fused-ring (bicyclic) bond motifs is 1. The molecule has 1 amide bonds. The van der Waals surface area contributed by atoms with E-state index in [2.05, 4.69) is 15.9 Å². The summed E-state index contributed by atoms with van der Waals surface area (Å²) in [6, 6.07) is 12.7. The minimum Gasteiger partial charge on any atom is -0.387 e. The number of carbonyl (C=O) groups excluding carboxylic acids is 1. The van der Waals surface area contributed by atoms with Gasteiger partial charge in [0.05, 0.1) is 6.10 Å². The van der Waals surface area contributed by atoms with Gasteiger partial charge in [-0.2, -0.15) is 0 Å². The molecule has 2 aromatic carbocycles. The number of hydrogen-bond acceptors (Lipinski definition) is 4. The van der Waals surface area contributed by atoms with Crippen molar-refractivity contribution in [2.24, 2.45) is 0 Å². The van der Waals surface area contributed by atoms with Gasteiger partial charge in [-0.25, -0.2) is 4.39 Å². The Bertz CT molecular complexity index is 879. The van der Waals surface area contributed by atoms with Crippen LogP contribution in [0.4, 0.5) is 15.8 Å². The van der Waals surface area contributed by atoms with Gasteiger partial charge in [-0.15, -0.1) is 0 Å². The number of carbonyl (C=O) groups is 1. The van der Waals surface area contributed by atoms with Crippen LogP contribution < -0.4 is 9.80 Å². The van der Waals surface area contributed by atoms with E-state index in [-0.39, 0.29) is 11.7 Å². The third-order valence-electron chi connectivity index (χ3n) is 6.21. The number of aryl methyl sites for hydroxylation is 1. The monoisotopic (exact) mass is 411 g/mol. The van der Waals surface area contributed by atoms with Crippen molar-refractivity contribution in [2.45, 2.75) is 32.3 Å². The highest BCUT2D eigenvalue weighted by molar-refractivity contribution is 5.94. The van der Waals surface area contributed by atoms with E-state index in [1.807, 2.05) is 36.1 Å². The third-order valence-corrected chi connectivity index (χ3v) is 6.21. The van der Waals surface area contributed by atoms with E-state index in [0.717, 1.165) is 68.1 Å². The Morgan fingerprint density at radius 1 is 1.07 bits per heavy atom. The van der Waals surface area contributed by atoms with Gasteiger partial charge in [-0.05, 0) is 54.3 Å². The van der Waals surface area contributed by atoms with Crippen LogP contribution >= 0.6 is 0 Å². The van der Waals surface area contributed by atoms with E-state index in [4.69, 9.17) is 0 Å². The minimum atomic E-state index is -0.551. The van der Waals surface area contributed by atoms with E-state index < -0.39 is 6.10 Å². The number of anilines is 2. The fraction of sp³-hybridized carbons (Fsp3) is 0.458. The molecule has 0 spiro atoms. The van der Waals surface area contributed by atoms with Crippen LogP contribution in [-0.2, 0) is 11.2 Å². The van der Waals surface area contributed by atoms with Crippen LogP contribution in [0, 0.1) is 5.82 Å². The molecule has 2 aromatic rings. The molecule has 1 unspecified atom stereocenters. The maximum atomic E-state index is 13.1. The fourth-order valence-corrected chi connectivity index (χ4v) is 4.46. The number of nitrogens with zero attached hydrogens (tertiary/aromatic N) is 3. The highest BCUT2D eigenvalue weighted by Gasteiger charge is 2.24. The Morgan fingerprint density at radius 2 is 1.80 bits per heavy atom. The molecule has 1 atom stereocenters. The standard InChI is InChI=1S/C24H30FN3O2/c1-2-24(30)28-11-3-4-18-16-19(5-10-22(18)28)23(29)17-26-12-14-27(15-13-26)21-8-6-20(25)7-9-21/h5-10,16,23,29H,2-4,11-15,17H2,1H3. The lowest BCUT2D eigenvalue weighted by atomic mass is 9.96. The first-order chi connectivity index (χ1) is 14.5. The number of amides is 1. The van der Waals surface area contributed by atoms with Crippen molar-refractivity contribution < 1.29 is 14.3 Å². The molecule has 2 heterocycles. The number of halogens is 1. The Morgan fingerprint density at radius 3 is 2.50 bits per heavy atom. The van der Waals surface area contributed by atoms with E-state index in [0.29, 0.717) is 13.0 Å². The van der Waals surface area contributed by atoms with Crippen LogP contribution in [0.15, 0.2) is 42.5 Å². The zero-order chi connectivity index (χ0) is 21.1. The molecule has 0 bridgehead atoms. The highest BCUT2D eigenvalue weighted by Crippen LogP contribution is 2.30. The second kappa shape index (κ2) is 9.14. The molecule has 5 nitrogen and oxygen atoms in total. The molecule has 0 saturated carbocycles. The Kier molecular flexibility index (Phi) is 6.35. The number of aliphatic hydroxyl groups excluding tert-OH is 1. The van der Waals surface area contributed by atoms with Gasteiger partial charge < -0.3 is 14.9 Å². The van der Waals surface area contributed by atoms with E-state index in [1.165, 1.54) is 12.1 Å². The van der Waals surface area contributed by atoms with Crippen LogP contribution in [0.3, 0.4) is 0 Å². The second-order valence-electron chi connectivity index (χ2n) is 8.17. The van der Waals surface area contributed by atoms with Crippen molar-refractivity contribution in [1.29, 1.82) is 0 Å². The van der Waals surface area contributed by atoms with Crippen molar-refractivity contribution >= 4 is 17.3 Å². The summed E-state index contributed by atoms with van der Waals surface area (Å²) in [5, 5.41) is 10.8. The first kappa shape index (κ1) is 20.8. The first-order valence-electron chi connectivity index (χ1n) is 10.9. The van der Waals surface area contributed by atoms with Gasteiger partial charge in [0.1, 0.15) is 5.82 Å². The molecule has 1 N–H and O–H groups in total. The summed E-state index contributed by atoms with van der Waals surface area (Å²) in [7, 11) is 0. The maximum Gasteiger partial charge on any atom is 0.226 e. The van der Waals surface area contributed by atoms with Gasteiger partial charge in [0, 0.05) is 57.1 Å². The molecule has 2 aliphatic rings. The number of hydrogen-bond donors (Lipinski definition) is 1. The Balaban J connectivity index is 1.36. The van der Waals surface area contributed by atoms with Crippen LogP contribution in [-0.4, -0.2) is 55.2 Å². The van der Waals surface area contributed by atoms with Crippen LogP contribution in [0.5, 0.6) is 0 Å². The summed E-state index contributed by atoms with van der Waals surface area (Å²) in [5.74, 6) is -0.0592. The molecule has 2 aliphatic heterocycles. The largest absolute Gasteiger partial charge is 0.387 e. The molecular weight excluding hydrogens is 381 g/mol. The fourth-order valence-electron chi connectivity index (χ4n) is 4.46. The summed E-state index contributed by atoms with van der Waals surface area (Å²) < 4.78 is 13.1. The molecular formula is C24H30FN3O2. The number of rotatable bonds is 5. The lowest BCUT2D eigenvalue weighted by Gasteiger charge is -2.37. The van der Waals surface area contributed by atoms with Gasteiger partial charge in [0.15, 0.2) is 0 Å². The molecule has 0 radical (unpaired) electrons. The Hall–Kier alpha value is -2.44. The van der Waals surface area contributed by atoms with Crippen molar-refractivity contribution in [3.05, 3.63) is 59.4 Å². The zero-order valence-corrected chi connectivity index (χ0v) is 17.6. The summed E-state index contributed by atoms with van der Waals surface area (Å²) >= 11 is 0. The highest BCUT2D eigenvalue weighted by atomic mass is 19.1. The van der Waals surface area contributed by atoms with Crippen molar-refractivity contribution in [2.75, 3.05) is 49.1 Å². The predicted molar refractivity (Wildman–Crippen MR) is 117 cm³/mol. The average Bonchev–Trinajstić information content (AvgIpc) is 2.79. The molecule has 160 valence electrons. The van der Waals surface area contributed by atoms with E-state index in [9.17, 15) is 14.3 Å². The normalized spacial score (nSPS) is 18.2. The second-order valence-corrected chi connectivity index (χ2v) is 8.17. The van der Waals surface area contributed by atoms with Crippen molar-refractivity contribution in [1.82, 2.24) is 4.90 Å². The van der Waals surface area contributed by atoms with Crippen LogP contribution in [0.25, 0.3) is 0 Å². The SMILES string of the molecule is CCC(=O)N1CCCc2cc(C(O)CN3CCN(c4ccc(F)cc4)CC3)ccc21. The topological polar surface area (TPSA) is 47.0 Å². The molecule has 0 aliphatic carbocycles. The minimum absolute atomic E-state index is 0.156. The molecule has 1 fully saturated rings. The van der Waals surface area contributed by atoms with Gasteiger partial charge >= 0.3 is 0 Å². The summed E-state index contributed by atoms with van der Waals surface area (Å²) in [6.07, 6.45) is 1.86. The van der Waals surface area contributed by atoms with Crippen molar-refractivity contribution in [3.8, 4) is 0 Å². The zero-order valence-electron chi connectivity index (χ0n) is 17.6. The first-order valence-corrected chi connectivity index (χ1v) is 10.9. The summed E-state index contributed by atoms with van der Waals surface area (Å²) in [4.78, 5) is 18.6. The number of aliphatic hydroxyl groups is 1. The van der Waals surface area contributed by atoms with Gasteiger partial charge in [-0.3, -0.25) is 9.69 Å². The van der Waals surface area contributed by atoms with E-state index in [1.54, 1.807) is 0 Å². The molecule has 0 aromatic heterocycles. The molecule has 1 saturated heterocycles. The third kappa shape index (κ3) is 4.50. The van der Waals surface area contributed by atoms with Gasteiger partial charge in [0.2, 0.25) is 5.91 Å². The quantitative estimate of drug-likeness (QED) is 0.820. The van der Waals surface area contributed by atoms with E-state index >= 15 is 0 Å². The summed E-state index contributed by atoms with van der Waals surface area (Å²) in [6.45, 7) is 6.70. The lowest BCUT2D eigenvalue weighted by molar-refractivity contribution is -0.118. The van der Waals surface area contributed by atoms with Gasteiger partial charge in [-0.1, -0.05) is 19.1 Å². The van der Waals surface area contributed by atoms with Crippen LogP contribution in [0.1, 0.15) is 37.0 Å². The number of β-amino-alcohol motifs (C(OH)–C–C–N with tert-alkyl or cyclic N) is 1. The smallest absolute Gasteiger partial charge is 0.226 e. The number of benzene rings is 2. The average molecular weight is 412 g/mol. The molecule has 6 heteroatoms. The van der Waals surface area contributed by atoms with Crippen molar-refractivity contribution in [3.63, 3.8) is 0 Å². The lowest BCUT2D eigenvalue weighted by Crippen LogP contribution is -2.47. The van der Waals surface area contributed by atoms with Crippen LogP contribution in [0.2, 0.25) is 0 Å². The van der Waals surface area contributed by atoms with Gasteiger partial charge in [0.25, 0.3) is 0 Å². The summed E-state index contributed by atoms with van der Waals surface area (Å²) in [5.41, 5.74) is 4.11. The Labute approximate surface area is 177 Å². The number of piperazine rings is 1.